The summed E-state index contributed by atoms with van der Waals surface area (Å²) in [5.41, 5.74) is 3.54. The van der Waals surface area contributed by atoms with Crippen LogP contribution in [0.1, 0.15) is 0 Å². The molecule has 5 heteroatoms. The molecule has 2 aromatic heterocycles. The number of pyridine rings is 1. The summed E-state index contributed by atoms with van der Waals surface area (Å²) in [6.07, 6.45) is 1.78. The summed E-state index contributed by atoms with van der Waals surface area (Å²) in [7, 11) is -2.83. The van der Waals surface area contributed by atoms with E-state index in [9.17, 15) is 4.57 Å². The molecule has 0 spiro atoms. The van der Waals surface area contributed by atoms with Gasteiger partial charge in [0.25, 0.3) is 0 Å². The third-order valence-electron chi connectivity index (χ3n) is 6.53. The van der Waals surface area contributed by atoms with E-state index in [0.717, 1.165) is 49.1 Å². The largest absolute Gasteiger partial charge is 0.501 e. The van der Waals surface area contributed by atoms with Crippen molar-refractivity contribution in [2.45, 2.75) is 0 Å². The average Bonchev–Trinajstić information content (AvgIpc) is 3.42. The molecular formula is C35H24IrNO2P-2. The standard InChI is InChI=1S/C18H14OP.C17H10NO.Ir/c19-20(16-10-4-1-5-11-16,17-12-6-2-7-13-17)18-14-8-3-9-15-18;1-2-10-16-12(6-1)13-7-5-8-14(17(13)19-16)15-9-3-4-11-18-15;/h1-14H;1-7,9-11H;/q2*-1;. The minimum Gasteiger partial charge on any atom is -0.501 e. The van der Waals surface area contributed by atoms with Gasteiger partial charge in [-0.15, -0.1) is 18.2 Å². The van der Waals surface area contributed by atoms with Crippen molar-refractivity contribution >= 4 is 45.0 Å². The first-order chi connectivity index (χ1) is 19.2. The minimum atomic E-state index is -2.83. The van der Waals surface area contributed by atoms with Crippen LogP contribution in [0.25, 0.3) is 33.2 Å². The number of hydrogen-bond donors (Lipinski definition) is 0. The van der Waals surface area contributed by atoms with Crippen LogP contribution in [-0.4, -0.2) is 4.98 Å². The molecule has 0 amide bonds. The summed E-state index contributed by atoms with van der Waals surface area (Å²) in [5.74, 6) is 0. The second-order valence-electron chi connectivity index (χ2n) is 8.94. The molecule has 0 saturated carbocycles. The second-order valence-corrected chi connectivity index (χ2v) is 11.7. The number of fused-ring (bicyclic) bond motifs is 3. The summed E-state index contributed by atoms with van der Waals surface area (Å²) in [4.78, 5) is 4.38. The Kier molecular flexibility index (Phi) is 8.53. The molecule has 5 aromatic carbocycles. The Morgan fingerprint density at radius 2 is 1.25 bits per heavy atom. The zero-order valence-electron chi connectivity index (χ0n) is 21.4. The van der Waals surface area contributed by atoms with E-state index in [-0.39, 0.29) is 20.1 Å². The second kappa shape index (κ2) is 12.4. The van der Waals surface area contributed by atoms with Gasteiger partial charge >= 0.3 is 0 Å². The van der Waals surface area contributed by atoms with Crippen LogP contribution >= 0.6 is 7.14 Å². The van der Waals surface area contributed by atoms with E-state index in [1.54, 1.807) is 6.20 Å². The van der Waals surface area contributed by atoms with Crippen molar-refractivity contribution in [3.05, 3.63) is 158 Å². The summed E-state index contributed by atoms with van der Waals surface area (Å²) in [6.45, 7) is 0. The van der Waals surface area contributed by atoms with Crippen LogP contribution in [0, 0.1) is 12.1 Å². The van der Waals surface area contributed by atoms with Crippen molar-refractivity contribution < 1.29 is 29.1 Å². The molecule has 1 radical (unpaired) electrons. The quantitative estimate of drug-likeness (QED) is 0.140. The molecule has 7 aromatic rings. The van der Waals surface area contributed by atoms with Crippen LogP contribution in [0.2, 0.25) is 0 Å². The van der Waals surface area contributed by atoms with Gasteiger partial charge in [0.2, 0.25) is 0 Å². The predicted octanol–water partition coefficient (Wildman–Crippen LogP) is 7.57. The van der Waals surface area contributed by atoms with Gasteiger partial charge in [-0.1, -0.05) is 107 Å². The molecule has 0 N–H and O–H groups in total. The maximum atomic E-state index is 13.8. The molecule has 0 bridgehead atoms. The van der Waals surface area contributed by atoms with Crippen molar-refractivity contribution in [3.8, 4) is 11.3 Å². The van der Waals surface area contributed by atoms with Gasteiger partial charge in [-0.05, 0) is 17.8 Å². The molecule has 3 nitrogen and oxygen atoms in total. The molecule has 197 valence electrons. The molecule has 0 fully saturated rings. The van der Waals surface area contributed by atoms with Crippen molar-refractivity contribution in [1.82, 2.24) is 4.98 Å². The monoisotopic (exact) mass is 714 g/mol. The van der Waals surface area contributed by atoms with Crippen LogP contribution in [0.4, 0.5) is 0 Å². The molecule has 0 atom stereocenters. The SMILES string of the molecule is O=P(c1[c-]cccc1)(c1ccccc1)c1ccccc1.[Ir].[c-]1ccc2c(oc3ccccc32)c1-c1ccccn1. The Morgan fingerprint density at radius 1 is 0.600 bits per heavy atom. The van der Waals surface area contributed by atoms with Gasteiger partial charge in [0.05, 0.1) is 5.58 Å². The Labute approximate surface area is 247 Å². The fraction of sp³-hybridized carbons (Fsp3) is 0. The van der Waals surface area contributed by atoms with Gasteiger partial charge in [-0.2, -0.15) is 30.3 Å². The first-order valence-corrected chi connectivity index (χ1v) is 14.4. The van der Waals surface area contributed by atoms with E-state index in [2.05, 4.69) is 23.2 Å². The van der Waals surface area contributed by atoms with Gasteiger partial charge < -0.3 is 14.0 Å². The number of aromatic nitrogens is 1. The molecule has 0 aliphatic carbocycles. The van der Waals surface area contributed by atoms with Gasteiger partial charge in [0.15, 0.2) is 0 Å². The molecule has 40 heavy (non-hydrogen) atoms. The fourth-order valence-corrected chi connectivity index (χ4v) is 7.26. The van der Waals surface area contributed by atoms with E-state index in [1.807, 2.05) is 133 Å². The van der Waals surface area contributed by atoms with Crippen molar-refractivity contribution in [2.75, 3.05) is 0 Å². The van der Waals surface area contributed by atoms with Crippen molar-refractivity contribution in [1.29, 1.82) is 0 Å². The van der Waals surface area contributed by atoms with Crippen molar-refractivity contribution in [3.63, 3.8) is 0 Å². The number of nitrogens with zero attached hydrogens (tertiary/aromatic N) is 1. The van der Waals surface area contributed by atoms with Crippen LogP contribution in [0.3, 0.4) is 0 Å². The summed E-state index contributed by atoms with van der Waals surface area (Å²) in [5, 5.41) is 4.67. The third-order valence-corrected chi connectivity index (χ3v) is 9.54. The van der Waals surface area contributed by atoms with Gasteiger partial charge in [0, 0.05) is 42.3 Å². The maximum Gasteiger partial charge on any atom is 0.147 e. The topological polar surface area (TPSA) is 43.1 Å². The Balaban J connectivity index is 0.000000157. The number of rotatable bonds is 4. The smallest absolute Gasteiger partial charge is 0.147 e. The van der Waals surface area contributed by atoms with Gasteiger partial charge in [-0.25, -0.2) is 0 Å². The first kappa shape index (κ1) is 27.5. The molecule has 0 aliphatic heterocycles. The molecule has 2 heterocycles. The van der Waals surface area contributed by atoms with Gasteiger partial charge in [-0.3, -0.25) is 0 Å². The van der Waals surface area contributed by atoms with Gasteiger partial charge in [0.1, 0.15) is 12.7 Å². The zero-order valence-corrected chi connectivity index (χ0v) is 24.7. The number of furan rings is 1. The Hall–Kier alpha value is -4.07. The zero-order chi connectivity index (χ0) is 26.5. The third kappa shape index (κ3) is 5.35. The van der Waals surface area contributed by atoms with E-state index >= 15 is 0 Å². The summed E-state index contributed by atoms with van der Waals surface area (Å²) in [6, 6.07) is 51.0. The molecule has 0 unspecified atom stereocenters. The van der Waals surface area contributed by atoms with Crippen LogP contribution in [-0.2, 0) is 24.7 Å². The summed E-state index contributed by atoms with van der Waals surface area (Å²) < 4.78 is 19.8. The van der Waals surface area contributed by atoms with Crippen LogP contribution in [0.5, 0.6) is 0 Å². The minimum absolute atomic E-state index is 0. The Morgan fingerprint density at radius 3 is 1.90 bits per heavy atom. The van der Waals surface area contributed by atoms with Crippen LogP contribution < -0.4 is 15.9 Å². The fourth-order valence-electron chi connectivity index (χ4n) is 4.67. The molecule has 0 saturated heterocycles. The average molecular weight is 714 g/mol. The predicted molar refractivity (Wildman–Crippen MR) is 160 cm³/mol. The normalized spacial score (nSPS) is 10.9. The van der Waals surface area contributed by atoms with E-state index in [1.165, 1.54) is 0 Å². The number of benzene rings is 5. The number of para-hydroxylation sites is 1. The Bertz CT molecular complexity index is 1770. The molecule has 0 aliphatic rings. The molecular weight excluding hydrogens is 690 g/mol. The van der Waals surface area contributed by atoms with E-state index < -0.39 is 7.14 Å². The van der Waals surface area contributed by atoms with Crippen LogP contribution in [0.15, 0.2) is 150 Å². The first-order valence-electron chi connectivity index (χ1n) is 12.7. The maximum absolute atomic E-state index is 13.8. The molecule has 7 rings (SSSR count). The summed E-state index contributed by atoms with van der Waals surface area (Å²) >= 11 is 0. The van der Waals surface area contributed by atoms with Crippen molar-refractivity contribution in [2.24, 2.45) is 0 Å². The van der Waals surface area contributed by atoms with E-state index in [4.69, 9.17) is 4.42 Å². The van der Waals surface area contributed by atoms with E-state index in [0.29, 0.717) is 0 Å². The number of hydrogen-bond acceptors (Lipinski definition) is 3.